The van der Waals surface area contributed by atoms with Crippen LogP contribution in [0, 0.1) is 11.6 Å². The van der Waals surface area contributed by atoms with Crippen molar-refractivity contribution < 1.29 is 38.1 Å². The van der Waals surface area contributed by atoms with E-state index < -0.39 is 62.9 Å². The lowest BCUT2D eigenvalue weighted by molar-refractivity contribution is 0.0526. The molecule has 0 aliphatic heterocycles. The number of fused-ring (bicyclic) bond motifs is 2. The Morgan fingerprint density at radius 2 is 1.56 bits per heavy atom. The Morgan fingerprint density at radius 1 is 0.938 bits per heavy atom. The van der Waals surface area contributed by atoms with Gasteiger partial charge in [-0.3, -0.25) is 9.59 Å². The van der Waals surface area contributed by atoms with E-state index in [1.54, 1.807) is 6.92 Å². The second kappa shape index (κ2) is 7.77. The van der Waals surface area contributed by atoms with Crippen LogP contribution in [-0.4, -0.2) is 34.4 Å². The van der Waals surface area contributed by atoms with E-state index >= 15 is 0 Å². The van der Waals surface area contributed by atoms with Crippen molar-refractivity contribution in [3.63, 3.8) is 0 Å². The molecule has 0 fully saturated rings. The number of benzene rings is 3. The predicted octanol–water partition coefficient (Wildman–Crippen LogP) is 4.07. The molecule has 3 N–H and O–H groups in total. The molecule has 0 radical (unpaired) electrons. The highest BCUT2D eigenvalue weighted by Gasteiger charge is 2.39. The second-order valence-corrected chi connectivity index (χ2v) is 6.91. The van der Waals surface area contributed by atoms with Crippen LogP contribution in [0.3, 0.4) is 0 Å². The number of phenols is 2. The zero-order valence-electron chi connectivity index (χ0n) is 16.5. The van der Waals surface area contributed by atoms with Crippen molar-refractivity contribution in [2.24, 2.45) is 0 Å². The normalized spacial score (nSPS) is 12.2. The van der Waals surface area contributed by atoms with Crippen LogP contribution in [-0.2, 0) is 4.74 Å². The molecule has 1 aliphatic carbocycles. The fourth-order valence-electron chi connectivity index (χ4n) is 3.54. The highest BCUT2D eigenvalue weighted by molar-refractivity contribution is 6.31. The van der Waals surface area contributed by atoms with Gasteiger partial charge in [-0.2, -0.15) is 0 Å². The molecule has 4 rings (SSSR count). The fraction of sp³-hybridized carbons (Fsp3) is 0.0870. The van der Waals surface area contributed by atoms with Crippen LogP contribution in [0.5, 0.6) is 11.5 Å². The summed E-state index contributed by atoms with van der Waals surface area (Å²) in [6.45, 7) is 1.82. The summed E-state index contributed by atoms with van der Waals surface area (Å²) in [7, 11) is 0. The number of halogens is 2. The summed E-state index contributed by atoms with van der Waals surface area (Å²) in [6.07, 6.45) is 0. The zero-order chi connectivity index (χ0) is 23.2. The van der Waals surface area contributed by atoms with E-state index in [-0.39, 0.29) is 23.5 Å². The number of carbonyl (C=O) groups is 3. The Labute approximate surface area is 179 Å². The molecule has 3 aromatic carbocycles. The number of hydrogen-bond donors (Lipinski definition) is 3. The van der Waals surface area contributed by atoms with E-state index in [9.17, 15) is 33.4 Å². The maximum absolute atomic E-state index is 14.3. The van der Waals surface area contributed by atoms with Crippen molar-refractivity contribution in [2.75, 3.05) is 11.9 Å². The molecular weight excluding hydrogens is 424 g/mol. The molecule has 0 spiro atoms. The average Bonchev–Trinajstić information content (AvgIpc) is 2.76. The monoisotopic (exact) mass is 439 g/mol. The molecule has 0 atom stereocenters. The third-order valence-corrected chi connectivity index (χ3v) is 4.94. The third kappa shape index (κ3) is 3.24. The summed E-state index contributed by atoms with van der Waals surface area (Å²) in [4.78, 5) is 37.6. The van der Waals surface area contributed by atoms with Gasteiger partial charge in [0.25, 0.3) is 0 Å². The molecule has 32 heavy (non-hydrogen) atoms. The lowest BCUT2D eigenvalue weighted by Gasteiger charge is -2.22. The van der Waals surface area contributed by atoms with Crippen molar-refractivity contribution in [1.82, 2.24) is 0 Å². The highest BCUT2D eigenvalue weighted by Crippen LogP contribution is 2.44. The fourth-order valence-corrected chi connectivity index (χ4v) is 3.54. The van der Waals surface area contributed by atoms with Gasteiger partial charge < -0.3 is 20.3 Å². The zero-order valence-corrected chi connectivity index (χ0v) is 16.5. The van der Waals surface area contributed by atoms with Crippen molar-refractivity contribution >= 4 is 28.9 Å². The molecule has 1 aliphatic rings. The van der Waals surface area contributed by atoms with Crippen LogP contribution >= 0.6 is 0 Å². The Balaban J connectivity index is 1.81. The molecule has 0 aromatic heterocycles. The molecular formula is C23H15F2NO6. The number of aromatic hydroxyl groups is 2. The third-order valence-electron chi connectivity index (χ3n) is 4.94. The van der Waals surface area contributed by atoms with Crippen molar-refractivity contribution in [3.05, 3.63) is 81.9 Å². The van der Waals surface area contributed by atoms with E-state index in [1.807, 2.05) is 0 Å². The van der Waals surface area contributed by atoms with Crippen molar-refractivity contribution in [2.45, 2.75) is 6.92 Å². The van der Waals surface area contributed by atoms with Gasteiger partial charge in [-0.1, -0.05) is 6.07 Å². The van der Waals surface area contributed by atoms with E-state index in [4.69, 9.17) is 4.74 Å². The molecule has 0 heterocycles. The summed E-state index contributed by atoms with van der Waals surface area (Å²) < 4.78 is 33.4. The van der Waals surface area contributed by atoms with Crippen LogP contribution in [0.25, 0.3) is 0 Å². The molecule has 0 saturated heterocycles. The number of nitrogens with one attached hydrogen (secondary N) is 1. The smallest absolute Gasteiger partial charge is 0.338 e. The van der Waals surface area contributed by atoms with E-state index in [1.165, 1.54) is 24.3 Å². The van der Waals surface area contributed by atoms with Gasteiger partial charge in [0.15, 0.2) is 5.75 Å². The Bertz CT molecular complexity index is 1320. The van der Waals surface area contributed by atoms with Crippen LogP contribution in [0.1, 0.15) is 49.1 Å². The minimum Gasteiger partial charge on any atom is -0.507 e. The first-order chi connectivity index (χ1) is 15.2. The van der Waals surface area contributed by atoms with E-state index in [0.29, 0.717) is 12.1 Å². The average molecular weight is 439 g/mol. The lowest BCUT2D eigenvalue weighted by atomic mass is 9.82. The van der Waals surface area contributed by atoms with Crippen molar-refractivity contribution in [3.8, 4) is 11.5 Å². The first-order valence-corrected chi connectivity index (χ1v) is 9.45. The van der Waals surface area contributed by atoms with Crippen LogP contribution in [0.15, 0.2) is 42.5 Å². The van der Waals surface area contributed by atoms with Gasteiger partial charge in [0.2, 0.25) is 11.6 Å². The minimum atomic E-state index is -1.15. The standard InChI is InChI=1S/C23H15F2NO6/c1-2-32-23(31)10-4-3-5-11(8-10)26-14-9-15(27)18-19(20(14)28)22(30)17-13(25)7-6-12(24)16(17)21(18)29/h3-9,26-28H,2H2,1H3. The Kier molecular flexibility index (Phi) is 5.09. The number of carbonyl (C=O) groups excluding carboxylic acids is 3. The number of hydrogen-bond acceptors (Lipinski definition) is 7. The van der Waals surface area contributed by atoms with Crippen LogP contribution in [0.4, 0.5) is 20.2 Å². The lowest BCUT2D eigenvalue weighted by Crippen LogP contribution is -2.24. The molecule has 7 nitrogen and oxygen atoms in total. The predicted molar refractivity (Wildman–Crippen MR) is 109 cm³/mol. The molecule has 9 heteroatoms. The SMILES string of the molecule is CCOC(=O)c1cccc(Nc2cc(O)c3c(c2O)C(=O)c2c(F)ccc(F)c2C3=O)c1. The quantitative estimate of drug-likeness (QED) is 0.250. The van der Waals surface area contributed by atoms with Crippen LogP contribution in [0.2, 0.25) is 0 Å². The maximum atomic E-state index is 14.3. The molecule has 0 bridgehead atoms. The van der Waals surface area contributed by atoms with Gasteiger partial charge in [-0.15, -0.1) is 0 Å². The first kappa shape index (κ1) is 21.0. The molecule has 0 saturated carbocycles. The Hall–Kier alpha value is -4.27. The number of ether oxygens (including phenoxy) is 1. The van der Waals surface area contributed by atoms with Gasteiger partial charge in [-0.05, 0) is 37.3 Å². The molecule has 3 aromatic rings. The summed E-state index contributed by atoms with van der Waals surface area (Å²) in [6, 6.07) is 8.36. The summed E-state index contributed by atoms with van der Waals surface area (Å²) >= 11 is 0. The van der Waals surface area contributed by atoms with Gasteiger partial charge in [0, 0.05) is 11.8 Å². The molecule has 0 unspecified atom stereocenters. The van der Waals surface area contributed by atoms with E-state index in [2.05, 4.69) is 5.32 Å². The van der Waals surface area contributed by atoms with Gasteiger partial charge >= 0.3 is 5.97 Å². The van der Waals surface area contributed by atoms with Gasteiger partial charge in [0.05, 0.1) is 40.1 Å². The second-order valence-electron chi connectivity index (χ2n) is 6.91. The largest absolute Gasteiger partial charge is 0.507 e. The minimum absolute atomic E-state index is 0.171. The van der Waals surface area contributed by atoms with E-state index in [0.717, 1.165) is 6.07 Å². The number of esters is 1. The number of phenolic OH excluding ortho intramolecular Hbond substituents is 2. The highest BCUT2D eigenvalue weighted by atomic mass is 19.1. The topological polar surface area (TPSA) is 113 Å². The number of anilines is 2. The summed E-state index contributed by atoms with van der Waals surface area (Å²) in [5.41, 5.74) is -2.61. The Morgan fingerprint density at radius 3 is 2.19 bits per heavy atom. The number of rotatable bonds is 4. The van der Waals surface area contributed by atoms with Crippen molar-refractivity contribution in [1.29, 1.82) is 0 Å². The molecule has 0 amide bonds. The number of ketones is 2. The summed E-state index contributed by atoms with van der Waals surface area (Å²) in [5.74, 6) is -6.57. The summed E-state index contributed by atoms with van der Waals surface area (Å²) in [5, 5.41) is 23.9. The van der Waals surface area contributed by atoms with Gasteiger partial charge in [-0.25, -0.2) is 13.6 Å². The first-order valence-electron chi connectivity index (χ1n) is 9.45. The maximum Gasteiger partial charge on any atom is 0.338 e. The van der Waals surface area contributed by atoms with Crippen LogP contribution < -0.4 is 5.32 Å². The van der Waals surface area contributed by atoms with Gasteiger partial charge in [0.1, 0.15) is 17.4 Å². The molecule has 162 valence electrons.